The minimum absolute atomic E-state index is 0.374. The van der Waals surface area contributed by atoms with Crippen molar-refractivity contribution in [3.63, 3.8) is 0 Å². The SMILES string of the molecule is CC(C)(C)CCn1ccc2cccc(CCN)c21. The zero-order chi connectivity index (χ0) is 13.2. The number of nitrogens with two attached hydrogens (primary N) is 1. The highest BCUT2D eigenvalue weighted by Gasteiger charge is 2.12. The number of hydrogen-bond acceptors (Lipinski definition) is 1. The summed E-state index contributed by atoms with van der Waals surface area (Å²) < 4.78 is 2.38. The van der Waals surface area contributed by atoms with Gasteiger partial charge in [-0.1, -0.05) is 39.0 Å². The standard InChI is InChI=1S/C16H24N2/c1-16(2,3)9-12-18-11-8-14-6-4-5-13(7-10-17)15(14)18/h4-6,8,11H,7,9-10,12,17H2,1-3H3. The predicted octanol–water partition coefficient (Wildman–Crippen LogP) is 3.58. The fourth-order valence-corrected chi connectivity index (χ4v) is 2.34. The van der Waals surface area contributed by atoms with Gasteiger partial charge in [0.2, 0.25) is 0 Å². The molecule has 0 fully saturated rings. The summed E-state index contributed by atoms with van der Waals surface area (Å²) in [6.07, 6.45) is 4.35. The van der Waals surface area contributed by atoms with Crippen LogP contribution >= 0.6 is 0 Å². The average molecular weight is 244 g/mol. The van der Waals surface area contributed by atoms with E-state index in [-0.39, 0.29) is 0 Å². The van der Waals surface area contributed by atoms with E-state index in [0.717, 1.165) is 13.0 Å². The van der Waals surface area contributed by atoms with Crippen LogP contribution in [0.3, 0.4) is 0 Å². The van der Waals surface area contributed by atoms with Gasteiger partial charge in [0.15, 0.2) is 0 Å². The average Bonchev–Trinajstić information content (AvgIpc) is 2.70. The Morgan fingerprint density at radius 2 is 1.94 bits per heavy atom. The van der Waals surface area contributed by atoms with Gasteiger partial charge in [0, 0.05) is 12.7 Å². The van der Waals surface area contributed by atoms with E-state index in [2.05, 4.69) is 55.8 Å². The second-order valence-corrected chi connectivity index (χ2v) is 6.21. The Morgan fingerprint density at radius 1 is 1.17 bits per heavy atom. The first kappa shape index (κ1) is 13.2. The van der Waals surface area contributed by atoms with Crippen LogP contribution in [0.4, 0.5) is 0 Å². The fraction of sp³-hybridized carbons (Fsp3) is 0.500. The molecule has 1 aromatic carbocycles. The minimum Gasteiger partial charge on any atom is -0.347 e. The highest BCUT2D eigenvalue weighted by Crippen LogP contribution is 2.24. The number of fused-ring (bicyclic) bond motifs is 1. The van der Waals surface area contributed by atoms with Crippen LogP contribution in [0.1, 0.15) is 32.8 Å². The van der Waals surface area contributed by atoms with Crippen molar-refractivity contribution >= 4 is 10.9 Å². The van der Waals surface area contributed by atoms with E-state index >= 15 is 0 Å². The van der Waals surface area contributed by atoms with Crippen molar-refractivity contribution in [2.75, 3.05) is 6.54 Å². The molecule has 0 amide bonds. The molecule has 2 N–H and O–H groups in total. The molecule has 2 aromatic rings. The minimum atomic E-state index is 0.374. The van der Waals surface area contributed by atoms with Crippen molar-refractivity contribution in [2.45, 2.75) is 40.2 Å². The summed E-state index contributed by atoms with van der Waals surface area (Å²) in [5.41, 5.74) is 8.82. The van der Waals surface area contributed by atoms with Crippen LogP contribution in [0.15, 0.2) is 30.5 Å². The Hall–Kier alpha value is -1.28. The molecule has 0 aliphatic heterocycles. The van der Waals surface area contributed by atoms with Crippen molar-refractivity contribution in [1.29, 1.82) is 0 Å². The first-order valence-corrected chi connectivity index (χ1v) is 6.78. The first-order chi connectivity index (χ1) is 8.51. The maximum atomic E-state index is 5.70. The molecule has 2 nitrogen and oxygen atoms in total. The van der Waals surface area contributed by atoms with E-state index in [1.54, 1.807) is 0 Å². The van der Waals surface area contributed by atoms with Gasteiger partial charge in [0.1, 0.15) is 0 Å². The van der Waals surface area contributed by atoms with Crippen molar-refractivity contribution in [1.82, 2.24) is 4.57 Å². The molecule has 98 valence electrons. The number of aryl methyl sites for hydroxylation is 1. The van der Waals surface area contributed by atoms with Crippen LogP contribution in [0.5, 0.6) is 0 Å². The van der Waals surface area contributed by atoms with E-state index in [4.69, 9.17) is 5.73 Å². The highest BCUT2D eigenvalue weighted by molar-refractivity contribution is 5.83. The maximum Gasteiger partial charge on any atom is 0.0513 e. The van der Waals surface area contributed by atoms with E-state index in [9.17, 15) is 0 Å². The summed E-state index contributed by atoms with van der Waals surface area (Å²) in [6.45, 7) is 8.66. The van der Waals surface area contributed by atoms with Gasteiger partial charge < -0.3 is 10.3 Å². The topological polar surface area (TPSA) is 30.9 Å². The van der Waals surface area contributed by atoms with Crippen LogP contribution in [0, 0.1) is 5.41 Å². The number of aromatic nitrogens is 1. The van der Waals surface area contributed by atoms with Gasteiger partial charge in [-0.05, 0) is 41.8 Å². The predicted molar refractivity (Wildman–Crippen MR) is 78.8 cm³/mol. The van der Waals surface area contributed by atoms with Crippen molar-refractivity contribution in [3.8, 4) is 0 Å². The summed E-state index contributed by atoms with van der Waals surface area (Å²) in [7, 11) is 0. The van der Waals surface area contributed by atoms with Gasteiger partial charge in [-0.2, -0.15) is 0 Å². The summed E-state index contributed by atoms with van der Waals surface area (Å²) >= 11 is 0. The second kappa shape index (κ2) is 5.15. The molecule has 0 unspecified atom stereocenters. The molecule has 0 bridgehead atoms. The van der Waals surface area contributed by atoms with Gasteiger partial charge in [0.25, 0.3) is 0 Å². The molecule has 1 heterocycles. The molecule has 0 spiro atoms. The molecular formula is C16H24N2. The summed E-state index contributed by atoms with van der Waals surface area (Å²) in [5.74, 6) is 0. The van der Waals surface area contributed by atoms with Crippen LogP contribution in [-0.2, 0) is 13.0 Å². The normalized spacial score (nSPS) is 12.2. The van der Waals surface area contributed by atoms with E-state index in [0.29, 0.717) is 12.0 Å². The molecule has 0 aliphatic rings. The fourth-order valence-electron chi connectivity index (χ4n) is 2.34. The van der Waals surface area contributed by atoms with Gasteiger partial charge >= 0.3 is 0 Å². The zero-order valence-corrected chi connectivity index (χ0v) is 11.7. The molecule has 18 heavy (non-hydrogen) atoms. The lowest BCUT2D eigenvalue weighted by Gasteiger charge is -2.19. The molecule has 0 atom stereocenters. The Balaban J connectivity index is 2.33. The molecule has 2 rings (SSSR count). The van der Waals surface area contributed by atoms with Crippen LogP contribution < -0.4 is 5.73 Å². The molecule has 1 aromatic heterocycles. The van der Waals surface area contributed by atoms with Crippen LogP contribution in [0.25, 0.3) is 10.9 Å². The summed E-state index contributed by atoms with van der Waals surface area (Å²) in [5, 5.41) is 1.33. The Labute approximate surface area is 110 Å². The zero-order valence-electron chi connectivity index (χ0n) is 11.7. The molecule has 0 saturated carbocycles. The molecule has 0 saturated heterocycles. The monoisotopic (exact) mass is 244 g/mol. The summed E-state index contributed by atoms with van der Waals surface area (Å²) in [4.78, 5) is 0. The van der Waals surface area contributed by atoms with Crippen molar-refractivity contribution < 1.29 is 0 Å². The van der Waals surface area contributed by atoms with E-state index in [1.807, 2.05) is 0 Å². The lowest BCUT2D eigenvalue weighted by Crippen LogP contribution is -2.11. The largest absolute Gasteiger partial charge is 0.347 e. The van der Waals surface area contributed by atoms with Gasteiger partial charge in [-0.3, -0.25) is 0 Å². The number of para-hydroxylation sites is 1. The van der Waals surface area contributed by atoms with Crippen LogP contribution in [0.2, 0.25) is 0 Å². The number of benzene rings is 1. The Bertz CT molecular complexity index is 517. The van der Waals surface area contributed by atoms with Crippen molar-refractivity contribution in [3.05, 3.63) is 36.0 Å². The van der Waals surface area contributed by atoms with Gasteiger partial charge in [-0.25, -0.2) is 0 Å². The molecular weight excluding hydrogens is 220 g/mol. The van der Waals surface area contributed by atoms with Crippen LogP contribution in [-0.4, -0.2) is 11.1 Å². The first-order valence-electron chi connectivity index (χ1n) is 6.78. The maximum absolute atomic E-state index is 5.70. The number of hydrogen-bond donors (Lipinski definition) is 1. The third-order valence-electron chi connectivity index (χ3n) is 3.39. The van der Waals surface area contributed by atoms with E-state index in [1.165, 1.54) is 22.9 Å². The second-order valence-electron chi connectivity index (χ2n) is 6.21. The lowest BCUT2D eigenvalue weighted by molar-refractivity contribution is 0.353. The van der Waals surface area contributed by atoms with E-state index < -0.39 is 0 Å². The van der Waals surface area contributed by atoms with Gasteiger partial charge in [-0.15, -0.1) is 0 Å². The quantitative estimate of drug-likeness (QED) is 0.875. The molecule has 0 aliphatic carbocycles. The molecule has 0 radical (unpaired) electrons. The lowest BCUT2D eigenvalue weighted by atomic mass is 9.92. The highest BCUT2D eigenvalue weighted by atomic mass is 15.0. The Kier molecular flexibility index (Phi) is 3.76. The summed E-state index contributed by atoms with van der Waals surface area (Å²) in [6, 6.07) is 8.71. The smallest absolute Gasteiger partial charge is 0.0513 e. The van der Waals surface area contributed by atoms with Gasteiger partial charge in [0.05, 0.1) is 5.52 Å². The Morgan fingerprint density at radius 3 is 2.61 bits per heavy atom. The number of nitrogens with zero attached hydrogens (tertiary/aromatic N) is 1. The third-order valence-corrected chi connectivity index (χ3v) is 3.39. The van der Waals surface area contributed by atoms with Crippen molar-refractivity contribution in [2.24, 2.45) is 11.1 Å². The molecule has 2 heteroatoms. The number of rotatable bonds is 4. The third kappa shape index (κ3) is 2.94.